The van der Waals surface area contributed by atoms with Crippen LogP contribution in [0.4, 0.5) is 4.79 Å². The van der Waals surface area contributed by atoms with E-state index in [4.69, 9.17) is 51.7 Å². The second kappa shape index (κ2) is 18.9. The van der Waals surface area contributed by atoms with Crippen molar-refractivity contribution in [3.05, 3.63) is 76.8 Å². The van der Waals surface area contributed by atoms with Crippen LogP contribution >= 0.6 is 55.1 Å². The molecule has 0 aliphatic carbocycles. The van der Waals surface area contributed by atoms with Crippen LogP contribution in [0.2, 0.25) is 10.0 Å². The first kappa shape index (κ1) is 42.5. The molecule has 2 spiro atoms. The second-order valence-electron chi connectivity index (χ2n) is 12.5. The number of rotatable bonds is 6. The van der Waals surface area contributed by atoms with Gasteiger partial charge >= 0.3 is 18.0 Å². The van der Waals surface area contributed by atoms with Crippen molar-refractivity contribution >= 4 is 90.3 Å². The SMILES string of the molecule is CCN=C=O.CCNC(=O)OCC1=C(c2cc(C)c(Br)cc2Cl)C(=O)OC12CCCOC2.Cc1cc(C2=C(O)C3(CCCOC3)OC2=O)c(Cl)cc1Br. The lowest BCUT2D eigenvalue weighted by Crippen LogP contribution is -2.42. The zero-order valence-corrected chi connectivity index (χ0v) is 34.4. The predicted octanol–water partition coefficient (Wildman–Crippen LogP) is 8.14. The van der Waals surface area contributed by atoms with Gasteiger partial charge in [0.2, 0.25) is 6.08 Å². The minimum Gasteiger partial charge on any atom is -0.507 e. The number of hydrogen-bond donors (Lipinski definition) is 2. The Morgan fingerprint density at radius 3 is 1.89 bits per heavy atom. The minimum absolute atomic E-state index is 0.0678. The van der Waals surface area contributed by atoms with Crippen molar-refractivity contribution in [3.63, 3.8) is 0 Å². The van der Waals surface area contributed by atoms with Crippen LogP contribution in [0.3, 0.4) is 0 Å². The molecule has 12 nitrogen and oxygen atoms in total. The summed E-state index contributed by atoms with van der Waals surface area (Å²) in [5.41, 5.74) is 2.04. The fraction of sp³-hybridized carbons (Fsp3) is 0.459. The van der Waals surface area contributed by atoms with Gasteiger partial charge in [-0.1, -0.05) is 55.1 Å². The summed E-state index contributed by atoms with van der Waals surface area (Å²) in [5.74, 6) is -1.10. The topological polar surface area (TPSA) is 159 Å². The van der Waals surface area contributed by atoms with Gasteiger partial charge in [-0.15, -0.1) is 0 Å². The number of nitrogens with zero attached hydrogens (tertiary/aromatic N) is 1. The van der Waals surface area contributed by atoms with Crippen LogP contribution in [0.1, 0.15) is 61.8 Å². The Bertz CT molecular complexity index is 1850. The molecule has 2 aromatic carbocycles. The molecule has 2 N–H and O–H groups in total. The van der Waals surface area contributed by atoms with Gasteiger partial charge in [0.05, 0.1) is 18.8 Å². The van der Waals surface area contributed by atoms with E-state index in [9.17, 15) is 19.5 Å². The van der Waals surface area contributed by atoms with Crippen LogP contribution < -0.4 is 5.32 Å². The summed E-state index contributed by atoms with van der Waals surface area (Å²) >= 11 is 19.5. The maximum absolute atomic E-state index is 12.8. The van der Waals surface area contributed by atoms with Crippen LogP contribution in [-0.2, 0) is 38.1 Å². The largest absolute Gasteiger partial charge is 0.507 e. The molecule has 6 rings (SSSR count). The van der Waals surface area contributed by atoms with E-state index in [0.29, 0.717) is 71.5 Å². The van der Waals surface area contributed by atoms with Crippen LogP contribution in [0.5, 0.6) is 0 Å². The number of nitrogens with one attached hydrogen (secondary N) is 1. The van der Waals surface area contributed by atoms with Crippen LogP contribution in [0.25, 0.3) is 11.1 Å². The number of aliphatic hydroxyl groups is 1. The number of halogens is 4. The molecule has 2 saturated heterocycles. The molecule has 1 amide bonds. The summed E-state index contributed by atoms with van der Waals surface area (Å²) < 4.78 is 29.2. The third-order valence-electron chi connectivity index (χ3n) is 8.84. The third kappa shape index (κ3) is 9.72. The Kier molecular flexibility index (Phi) is 15.1. The highest BCUT2D eigenvalue weighted by Crippen LogP contribution is 2.46. The maximum Gasteiger partial charge on any atom is 0.407 e. The number of esters is 2. The molecule has 0 radical (unpaired) electrons. The monoisotopic (exact) mass is 900 g/mol. The van der Waals surface area contributed by atoms with E-state index in [1.54, 1.807) is 32.0 Å². The van der Waals surface area contributed by atoms with Crippen molar-refractivity contribution < 1.29 is 48.0 Å². The number of aryl methyl sites for hydroxylation is 2. The molecule has 0 saturated carbocycles. The molecule has 2 atom stereocenters. The highest BCUT2D eigenvalue weighted by atomic mass is 79.9. The van der Waals surface area contributed by atoms with Crippen molar-refractivity contribution in [2.75, 3.05) is 46.1 Å². The normalized spacial score (nSPS) is 22.0. The summed E-state index contributed by atoms with van der Waals surface area (Å²) in [6.07, 6.45) is 3.50. The Morgan fingerprint density at radius 1 is 0.906 bits per heavy atom. The molecular weight excluding hydrogens is 863 g/mol. The molecule has 53 heavy (non-hydrogen) atoms. The number of alkyl carbamates (subject to hydrolysis) is 1. The van der Waals surface area contributed by atoms with Crippen molar-refractivity contribution in [1.29, 1.82) is 0 Å². The zero-order valence-electron chi connectivity index (χ0n) is 29.7. The molecular formula is C37H40Br2Cl2N2O10. The predicted molar refractivity (Wildman–Crippen MR) is 206 cm³/mol. The molecule has 4 heterocycles. The van der Waals surface area contributed by atoms with Gasteiger partial charge in [-0.2, -0.15) is 0 Å². The number of ether oxygens (including phenoxy) is 5. The van der Waals surface area contributed by atoms with Crippen molar-refractivity contribution in [2.45, 2.75) is 64.6 Å². The second-order valence-corrected chi connectivity index (χ2v) is 15.0. The molecule has 286 valence electrons. The lowest BCUT2D eigenvalue weighted by Gasteiger charge is -2.34. The van der Waals surface area contributed by atoms with E-state index in [1.165, 1.54) is 6.08 Å². The summed E-state index contributed by atoms with van der Waals surface area (Å²) in [7, 11) is 0. The van der Waals surface area contributed by atoms with E-state index < -0.39 is 29.2 Å². The molecule has 4 aliphatic rings. The number of aliphatic imine (C=N–C) groups is 1. The molecule has 4 aliphatic heterocycles. The number of hydrogen-bond acceptors (Lipinski definition) is 11. The van der Waals surface area contributed by atoms with Gasteiger partial charge in [0, 0.05) is 62.0 Å². The highest BCUT2D eigenvalue weighted by molar-refractivity contribution is 9.10. The van der Waals surface area contributed by atoms with Gasteiger partial charge in [-0.25, -0.2) is 24.2 Å². The average molecular weight is 903 g/mol. The fourth-order valence-corrected chi connectivity index (χ4v) is 7.64. The highest BCUT2D eigenvalue weighted by Gasteiger charge is 2.51. The lowest BCUT2D eigenvalue weighted by atomic mass is 9.85. The van der Waals surface area contributed by atoms with Gasteiger partial charge in [-0.3, -0.25) is 0 Å². The number of amides is 1. The van der Waals surface area contributed by atoms with E-state index in [0.717, 1.165) is 32.9 Å². The first-order chi connectivity index (χ1) is 25.2. The summed E-state index contributed by atoms with van der Waals surface area (Å²) in [5, 5.41) is 13.9. The van der Waals surface area contributed by atoms with Gasteiger partial charge in [0.15, 0.2) is 17.0 Å². The van der Waals surface area contributed by atoms with Gasteiger partial charge in [0.25, 0.3) is 0 Å². The van der Waals surface area contributed by atoms with Crippen molar-refractivity contribution in [1.82, 2.24) is 5.32 Å². The first-order valence-electron chi connectivity index (χ1n) is 16.9. The number of carbonyl (C=O) groups is 3. The van der Waals surface area contributed by atoms with Crippen molar-refractivity contribution in [2.24, 2.45) is 4.99 Å². The molecule has 2 unspecified atom stereocenters. The van der Waals surface area contributed by atoms with Gasteiger partial charge in [-0.05, 0) is 88.8 Å². The number of carbonyl (C=O) groups excluding carboxylic acids is 4. The Balaban J connectivity index is 0.000000215. The Morgan fingerprint density at radius 2 is 1.42 bits per heavy atom. The zero-order chi connectivity index (χ0) is 38.9. The molecule has 0 bridgehead atoms. The number of isocyanates is 1. The van der Waals surface area contributed by atoms with E-state index >= 15 is 0 Å². The molecule has 2 aromatic rings. The van der Waals surface area contributed by atoms with Gasteiger partial charge in [0.1, 0.15) is 12.2 Å². The smallest absolute Gasteiger partial charge is 0.407 e. The van der Waals surface area contributed by atoms with Gasteiger partial charge < -0.3 is 34.1 Å². The van der Waals surface area contributed by atoms with E-state index in [1.807, 2.05) is 19.9 Å². The maximum atomic E-state index is 12.8. The minimum atomic E-state index is -1.05. The fourth-order valence-electron chi connectivity index (χ4n) is 6.18. The average Bonchev–Trinajstić information content (AvgIpc) is 3.51. The summed E-state index contributed by atoms with van der Waals surface area (Å²) in [4.78, 5) is 49.2. The Labute approximate surface area is 334 Å². The summed E-state index contributed by atoms with van der Waals surface area (Å²) in [6.45, 7) is 9.95. The number of aliphatic hydroxyl groups excluding tert-OH is 1. The van der Waals surface area contributed by atoms with Crippen LogP contribution in [-0.4, -0.2) is 86.5 Å². The van der Waals surface area contributed by atoms with E-state index in [2.05, 4.69) is 42.2 Å². The van der Waals surface area contributed by atoms with Crippen LogP contribution in [0, 0.1) is 13.8 Å². The molecule has 0 aromatic heterocycles. The summed E-state index contributed by atoms with van der Waals surface area (Å²) in [6, 6.07) is 7.05. The third-order valence-corrected chi connectivity index (χ3v) is 11.2. The quantitative estimate of drug-likeness (QED) is 0.125. The standard InChI is InChI=1S/C19H21BrClNO5.C15H14BrClO4.C3H5NO/c1-3-22-18(24)26-9-13-16(12-7-11(2)14(20)8-15(12)21)17(23)27-19(13)5-4-6-25-10-19;1-8-5-9(11(17)6-10(8)16)12-13(18)15(21-14(12)19)3-2-4-20-7-15;1-2-4-3-5/h7-8H,3-6,9-10H2,1-2H3,(H,22,24);5-6,18H,2-4,7H2,1H3;2H2,1H3. The van der Waals surface area contributed by atoms with Crippen molar-refractivity contribution in [3.8, 4) is 0 Å². The Hall–Kier alpha value is -3.23. The van der Waals surface area contributed by atoms with E-state index in [-0.39, 0.29) is 31.2 Å². The first-order valence-corrected chi connectivity index (χ1v) is 19.2. The molecule has 2 fully saturated rings. The van der Waals surface area contributed by atoms with Crippen LogP contribution in [0.15, 0.2) is 49.5 Å². The number of benzene rings is 2. The molecule has 16 heteroatoms. The lowest BCUT2D eigenvalue weighted by molar-refractivity contribution is -0.159.